The molecule has 2 aromatic rings. The van der Waals surface area contributed by atoms with Gasteiger partial charge in [-0.25, -0.2) is 4.98 Å². The van der Waals surface area contributed by atoms with E-state index in [1.165, 1.54) is 5.56 Å². The number of nitrogens with zero attached hydrogens (tertiary/aromatic N) is 1. The van der Waals surface area contributed by atoms with Crippen LogP contribution in [0.2, 0.25) is 5.15 Å². The molecule has 0 aliphatic carbocycles. The highest BCUT2D eigenvalue weighted by Crippen LogP contribution is 2.14. The Kier molecular flexibility index (Phi) is 3.42. The van der Waals surface area contributed by atoms with Crippen LogP contribution in [0.4, 0.5) is 0 Å². The van der Waals surface area contributed by atoms with E-state index < -0.39 is 0 Å². The van der Waals surface area contributed by atoms with Crippen LogP contribution >= 0.6 is 11.6 Å². The van der Waals surface area contributed by atoms with Crippen LogP contribution in [0.15, 0.2) is 42.6 Å². The molecule has 1 aromatic heterocycles. The van der Waals surface area contributed by atoms with Crippen LogP contribution in [0.25, 0.3) is 0 Å². The summed E-state index contributed by atoms with van der Waals surface area (Å²) in [6.45, 7) is 2.56. The predicted octanol–water partition coefficient (Wildman–Crippen LogP) is 3.62. The highest BCUT2D eigenvalue weighted by molar-refractivity contribution is 6.29. The van der Waals surface area contributed by atoms with Gasteiger partial charge in [0.25, 0.3) is 0 Å². The molecule has 1 heterocycles. The summed E-state index contributed by atoms with van der Waals surface area (Å²) in [5.41, 5.74) is 2.23. The lowest BCUT2D eigenvalue weighted by Gasteiger charge is -2.06. The Morgan fingerprint density at radius 1 is 1.12 bits per heavy atom. The summed E-state index contributed by atoms with van der Waals surface area (Å²) in [5, 5.41) is 0.499. The third-order valence-corrected chi connectivity index (χ3v) is 2.44. The molecule has 0 atom stereocenters. The van der Waals surface area contributed by atoms with Gasteiger partial charge < -0.3 is 4.74 Å². The Hall–Kier alpha value is -1.54. The van der Waals surface area contributed by atoms with Gasteiger partial charge in [0, 0.05) is 11.8 Å². The van der Waals surface area contributed by atoms with Gasteiger partial charge in [0.1, 0.15) is 17.5 Å². The molecular weight excluding hydrogens is 222 g/mol. The standard InChI is InChI=1S/C13H12ClNO/c1-10-2-5-12(6-3-10)16-9-11-4-7-13(14)15-8-11/h2-8H,9H2,1H3. The van der Waals surface area contributed by atoms with Crippen molar-refractivity contribution in [1.82, 2.24) is 4.98 Å². The summed E-state index contributed by atoms with van der Waals surface area (Å²) in [4.78, 5) is 3.99. The Morgan fingerprint density at radius 2 is 1.88 bits per heavy atom. The van der Waals surface area contributed by atoms with Crippen molar-refractivity contribution in [2.24, 2.45) is 0 Å². The summed E-state index contributed by atoms with van der Waals surface area (Å²) in [5.74, 6) is 0.862. The van der Waals surface area contributed by atoms with E-state index in [0.29, 0.717) is 11.8 Å². The van der Waals surface area contributed by atoms with E-state index in [2.05, 4.69) is 4.98 Å². The molecule has 0 aliphatic rings. The van der Waals surface area contributed by atoms with Crippen LogP contribution in [0, 0.1) is 6.92 Å². The highest BCUT2D eigenvalue weighted by Gasteiger charge is 1.96. The van der Waals surface area contributed by atoms with Gasteiger partial charge in [-0.3, -0.25) is 0 Å². The van der Waals surface area contributed by atoms with E-state index in [4.69, 9.17) is 16.3 Å². The van der Waals surface area contributed by atoms with E-state index in [9.17, 15) is 0 Å². The van der Waals surface area contributed by atoms with Crippen molar-refractivity contribution in [3.8, 4) is 5.75 Å². The molecule has 0 spiro atoms. The van der Waals surface area contributed by atoms with E-state index in [1.807, 2.05) is 37.3 Å². The second-order valence-electron chi connectivity index (χ2n) is 3.59. The Labute approximate surface area is 99.9 Å². The Morgan fingerprint density at radius 3 is 2.50 bits per heavy atom. The lowest BCUT2D eigenvalue weighted by Crippen LogP contribution is -1.95. The maximum absolute atomic E-state index is 5.69. The average Bonchev–Trinajstić information content (AvgIpc) is 2.30. The maximum atomic E-state index is 5.69. The Balaban J connectivity index is 1.97. The zero-order valence-corrected chi connectivity index (χ0v) is 9.74. The smallest absolute Gasteiger partial charge is 0.129 e. The number of ether oxygens (including phenoxy) is 1. The van der Waals surface area contributed by atoms with E-state index in [0.717, 1.165) is 11.3 Å². The Bertz CT molecular complexity index is 405. The first-order valence-corrected chi connectivity index (χ1v) is 5.42. The fourth-order valence-corrected chi connectivity index (χ4v) is 1.40. The van der Waals surface area contributed by atoms with Gasteiger partial charge in [0.2, 0.25) is 0 Å². The van der Waals surface area contributed by atoms with E-state index in [-0.39, 0.29) is 0 Å². The molecule has 2 nitrogen and oxygen atoms in total. The molecule has 0 aliphatic heterocycles. The minimum Gasteiger partial charge on any atom is -0.489 e. The van der Waals surface area contributed by atoms with Crippen LogP contribution in [0.3, 0.4) is 0 Å². The van der Waals surface area contributed by atoms with Crippen LogP contribution in [-0.4, -0.2) is 4.98 Å². The van der Waals surface area contributed by atoms with Crippen molar-refractivity contribution in [2.45, 2.75) is 13.5 Å². The average molecular weight is 234 g/mol. The fourth-order valence-electron chi connectivity index (χ4n) is 1.29. The van der Waals surface area contributed by atoms with Crippen molar-refractivity contribution >= 4 is 11.6 Å². The van der Waals surface area contributed by atoms with E-state index in [1.54, 1.807) is 12.3 Å². The van der Waals surface area contributed by atoms with Gasteiger partial charge in [0.15, 0.2) is 0 Å². The molecule has 0 amide bonds. The van der Waals surface area contributed by atoms with E-state index >= 15 is 0 Å². The van der Waals surface area contributed by atoms with Crippen LogP contribution < -0.4 is 4.74 Å². The third kappa shape index (κ3) is 2.97. The summed E-state index contributed by atoms with van der Waals surface area (Å²) in [6.07, 6.45) is 1.72. The van der Waals surface area contributed by atoms with Gasteiger partial charge in [-0.2, -0.15) is 0 Å². The summed E-state index contributed by atoms with van der Waals surface area (Å²) in [6, 6.07) is 11.6. The molecule has 0 N–H and O–H groups in total. The number of halogens is 1. The zero-order valence-electron chi connectivity index (χ0n) is 8.98. The molecule has 0 radical (unpaired) electrons. The summed E-state index contributed by atoms with van der Waals surface area (Å²) in [7, 11) is 0. The van der Waals surface area contributed by atoms with Crippen LogP contribution in [0.5, 0.6) is 5.75 Å². The maximum Gasteiger partial charge on any atom is 0.129 e. The van der Waals surface area contributed by atoms with Crippen LogP contribution in [0.1, 0.15) is 11.1 Å². The molecular formula is C13H12ClNO. The molecule has 82 valence electrons. The summed E-state index contributed by atoms with van der Waals surface area (Å²) >= 11 is 5.69. The minimum absolute atomic E-state index is 0.499. The molecule has 16 heavy (non-hydrogen) atoms. The highest BCUT2D eigenvalue weighted by atomic mass is 35.5. The number of hydrogen-bond donors (Lipinski definition) is 0. The molecule has 0 unspecified atom stereocenters. The van der Waals surface area contributed by atoms with Crippen molar-refractivity contribution < 1.29 is 4.74 Å². The molecule has 0 bridgehead atoms. The van der Waals surface area contributed by atoms with Gasteiger partial charge in [0.05, 0.1) is 0 Å². The summed E-state index contributed by atoms with van der Waals surface area (Å²) < 4.78 is 5.60. The third-order valence-electron chi connectivity index (χ3n) is 2.22. The number of aromatic nitrogens is 1. The molecule has 0 saturated heterocycles. The quantitative estimate of drug-likeness (QED) is 0.756. The van der Waals surface area contributed by atoms with Crippen molar-refractivity contribution in [1.29, 1.82) is 0 Å². The first kappa shape index (κ1) is 11.0. The lowest BCUT2D eigenvalue weighted by atomic mass is 10.2. The van der Waals surface area contributed by atoms with Crippen molar-refractivity contribution in [2.75, 3.05) is 0 Å². The monoisotopic (exact) mass is 233 g/mol. The second kappa shape index (κ2) is 4.99. The molecule has 0 saturated carbocycles. The number of rotatable bonds is 3. The zero-order chi connectivity index (χ0) is 11.4. The number of hydrogen-bond acceptors (Lipinski definition) is 2. The fraction of sp³-hybridized carbons (Fsp3) is 0.154. The number of benzene rings is 1. The van der Waals surface area contributed by atoms with Crippen molar-refractivity contribution in [3.63, 3.8) is 0 Å². The molecule has 3 heteroatoms. The van der Waals surface area contributed by atoms with Crippen LogP contribution in [-0.2, 0) is 6.61 Å². The molecule has 1 aromatic carbocycles. The largest absolute Gasteiger partial charge is 0.489 e. The molecule has 0 fully saturated rings. The van der Waals surface area contributed by atoms with Gasteiger partial charge in [-0.1, -0.05) is 35.4 Å². The van der Waals surface area contributed by atoms with Gasteiger partial charge in [-0.15, -0.1) is 0 Å². The normalized spacial score (nSPS) is 10.1. The molecule has 2 rings (SSSR count). The topological polar surface area (TPSA) is 22.1 Å². The number of pyridine rings is 1. The first-order valence-electron chi connectivity index (χ1n) is 5.04. The van der Waals surface area contributed by atoms with Crippen molar-refractivity contribution in [3.05, 3.63) is 58.9 Å². The van der Waals surface area contributed by atoms with Gasteiger partial charge in [-0.05, 0) is 25.1 Å². The first-order chi connectivity index (χ1) is 7.74. The SMILES string of the molecule is Cc1ccc(OCc2ccc(Cl)nc2)cc1. The number of aryl methyl sites for hydroxylation is 1. The van der Waals surface area contributed by atoms with Gasteiger partial charge >= 0.3 is 0 Å². The predicted molar refractivity (Wildman–Crippen MR) is 64.8 cm³/mol. The minimum atomic E-state index is 0.499. The second-order valence-corrected chi connectivity index (χ2v) is 3.98. The lowest BCUT2D eigenvalue weighted by molar-refractivity contribution is 0.305.